The van der Waals surface area contributed by atoms with Crippen LogP contribution in [-0.2, 0) is 0 Å². The number of aromatic nitrogens is 3. The summed E-state index contributed by atoms with van der Waals surface area (Å²) in [6.45, 7) is 0. The molecule has 0 saturated heterocycles. The van der Waals surface area contributed by atoms with E-state index in [-0.39, 0.29) is 0 Å². The van der Waals surface area contributed by atoms with Crippen molar-refractivity contribution in [1.82, 2.24) is 14.5 Å². The van der Waals surface area contributed by atoms with Gasteiger partial charge < -0.3 is 4.57 Å². The fraction of sp³-hybridized carbons (Fsp3) is 0. The van der Waals surface area contributed by atoms with Gasteiger partial charge in [0.2, 0.25) is 0 Å². The molecule has 10 aromatic carbocycles. The van der Waals surface area contributed by atoms with E-state index in [1.54, 1.807) is 0 Å². The maximum absolute atomic E-state index is 5.14. The van der Waals surface area contributed by atoms with Crippen molar-refractivity contribution in [3.05, 3.63) is 224 Å². The molecular weight excluding hydrogens is 739 g/mol. The van der Waals surface area contributed by atoms with E-state index in [0.717, 1.165) is 44.9 Å². The zero-order chi connectivity index (χ0) is 40.3. The third kappa shape index (κ3) is 5.90. The molecule has 0 aliphatic carbocycles. The molecule has 2 aromatic heterocycles. The number of benzene rings is 10. The summed E-state index contributed by atoms with van der Waals surface area (Å²) in [7, 11) is 0. The van der Waals surface area contributed by atoms with Crippen LogP contribution in [0.15, 0.2) is 224 Å². The van der Waals surface area contributed by atoms with Crippen molar-refractivity contribution in [2.75, 3.05) is 0 Å². The summed E-state index contributed by atoms with van der Waals surface area (Å²) < 4.78 is 2.38. The summed E-state index contributed by atoms with van der Waals surface area (Å²) >= 11 is 0. The van der Waals surface area contributed by atoms with Crippen LogP contribution in [-0.4, -0.2) is 14.5 Å². The Morgan fingerprint density at radius 1 is 0.279 bits per heavy atom. The van der Waals surface area contributed by atoms with Crippen molar-refractivity contribution in [3.63, 3.8) is 0 Å². The summed E-state index contributed by atoms with van der Waals surface area (Å²) in [5.41, 5.74) is 13.2. The first-order valence-corrected chi connectivity index (χ1v) is 20.8. The molecule has 0 N–H and O–H groups in total. The van der Waals surface area contributed by atoms with Gasteiger partial charge in [0.05, 0.1) is 22.4 Å². The lowest BCUT2D eigenvalue weighted by Crippen LogP contribution is -1.96. The smallest absolute Gasteiger partial charge is 0.160 e. The molecule has 0 unspecified atom stereocenters. The first kappa shape index (κ1) is 34.9. The standard InChI is InChI=1S/C58H37N3/c1-4-16-38(17-5-1)53-37-54(60-58(59-53)39-18-6-2-7-19-39)43-21-14-20-40(34-43)41-30-32-50-51(35-41)47-25-11-10-24-46(47)49-28-15-27-45(57(49)50)42-31-33-56-52(36-42)48-26-12-13-29-55(48)61(56)44-22-8-3-9-23-44/h1-37H. The van der Waals surface area contributed by atoms with E-state index >= 15 is 0 Å². The second kappa shape index (κ2) is 14.3. The van der Waals surface area contributed by atoms with Gasteiger partial charge in [-0.2, -0.15) is 0 Å². The number of hydrogen-bond donors (Lipinski definition) is 0. The molecule has 12 rings (SSSR count). The molecule has 0 saturated carbocycles. The Labute approximate surface area is 353 Å². The van der Waals surface area contributed by atoms with E-state index in [9.17, 15) is 0 Å². The molecule has 0 aliphatic rings. The summed E-state index contributed by atoms with van der Waals surface area (Å²) in [4.78, 5) is 10.2. The molecule has 61 heavy (non-hydrogen) atoms. The summed E-state index contributed by atoms with van der Waals surface area (Å²) in [6, 6.07) is 80.5. The van der Waals surface area contributed by atoms with E-state index in [0.29, 0.717) is 5.82 Å². The molecule has 2 heterocycles. The lowest BCUT2D eigenvalue weighted by Gasteiger charge is -2.16. The minimum Gasteiger partial charge on any atom is -0.309 e. The molecule has 0 bridgehead atoms. The molecule has 12 aromatic rings. The van der Waals surface area contributed by atoms with Crippen LogP contribution >= 0.6 is 0 Å². The summed E-state index contributed by atoms with van der Waals surface area (Å²) in [5, 5.41) is 10.0. The highest BCUT2D eigenvalue weighted by Crippen LogP contribution is 2.43. The first-order valence-electron chi connectivity index (χ1n) is 20.8. The van der Waals surface area contributed by atoms with Crippen LogP contribution in [0.25, 0.3) is 116 Å². The van der Waals surface area contributed by atoms with Crippen molar-refractivity contribution in [2.45, 2.75) is 0 Å². The van der Waals surface area contributed by atoms with Crippen molar-refractivity contribution >= 4 is 54.1 Å². The zero-order valence-electron chi connectivity index (χ0n) is 33.2. The van der Waals surface area contributed by atoms with Crippen molar-refractivity contribution < 1.29 is 0 Å². The lowest BCUT2D eigenvalue weighted by molar-refractivity contribution is 1.18. The number of rotatable bonds is 6. The average molecular weight is 776 g/mol. The zero-order valence-corrected chi connectivity index (χ0v) is 33.2. The van der Waals surface area contributed by atoms with E-state index in [1.165, 1.54) is 65.3 Å². The fourth-order valence-electron chi connectivity index (χ4n) is 9.35. The van der Waals surface area contributed by atoms with E-state index in [4.69, 9.17) is 9.97 Å². The quantitative estimate of drug-likeness (QED) is 0.158. The Morgan fingerprint density at radius 2 is 0.803 bits per heavy atom. The molecule has 3 nitrogen and oxygen atoms in total. The Bertz CT molecular complexity index is 3570. The number of hydrogen-bond acceptors (Lipinski definition) is 2. The molecule has 3 heteroatoms. The van der Waals surface area contributed by atoms with Gasteiger partial charge in [0.15, 0.2) is 5.82 Å². The SMILES string of the molecule is c1ccc(-c2cc(-c3cccc(-c4ccc5c(c4)c4ccccc4c4cccc(-c6ccc7c(c6)c6ccccc6n7-c6ccccc6)c45)c3)nc(-c3ccccc3)n2)cc1. The van der Waals surface area contributed by atoms with Crippen molar-refractivity contribution in [2.24, 2.45) is 0 Å². The van der Waals surface area contributed by atoms with E-state index in [1.807, 2.05) is 24.3 Å². The highest BCUT2D eigenvalue weighted by atomic mass is 15.0. The molecule has 0 spiro atoms. The molecule has 284 valence electrons. The molecule has 0 radical (unpaired) electrons. The highest BCUT2D eigenvalue weighted by molar-refractivity contribution is 6.29. The number of para-hydroxylation sites is 2. The fourth-order valence-corrected chi connectivity index (χ4v) is 9.35. The average Bonchev–Trinajstić information content (AvgIpc) is 3.68. The first-order chi connectivity index (χ1) is 30.2. The summed E-state index contributed by atoms with van der Waals surface area (Å²) in [6.07, 6.45) is 0. The minimum absolute atomic E-state index is 0.711. The predicted octanol–water partition coefficient (Wildman–Crippen LogP) is 15.4. The normalized spacial score (nSPS) is 11.6. The van der Waals surface area contributed by atoms with Crippen LogP contribution in [0.1, 0.15) is 0 Å². The summed E-state index contributed by atoms with van der Waals surface area (Å²) in [5.74, 6) is 0.711. The van der Waals surface area contributed by atoms with Gasteiger partial charge in [0.25, 0.3) is 0 Å². The van der Waals surface area contributed by atoms with Crippen molar-refractivity contribution in [3.8, 4) is 61.8 Å². The maximum atomic E-state index is 5.14. The van der Waals surface area contributed by atoms with Gasteiger partial charge in [-0.25, -0.2) is 9.97 Å². The Balaban J connectivity index is 1.02. The van der Waals surface area contributed by atoms with Crippen LogP contribution in [0.2, 0.25) is 0 Å². The van der Waals surface area contributed by atoms with Gasteiger partial charge >= 0.3 is 0 Å². The third-order valence-corrected chi connectivity index (χ3v) is 12.2. The van der Waals surface area contributed by atoms with Crippen molar-refractivity contribution in [1.29, 1.82) is 0 Å². The maximum Gasteiger partial charge on any atom is 0.160 e. The van der Waals surface area contributed by atoms with Gasteiger partial charge in [-0.3, -0.25) is 0 Å². The van der Waals surface area contributed by atoms with Crippen LogP contribution in [0.4, 0.5) is 0 Å². The van der Waals surface area contributed by atoms with Crippen LogP contribution in [0.5, 0.6) is 0 Å². The van der Waals surface area contributed by atoms with Gasteiger partial charge in [-0.15, -0.1) is 0 Å². The Morgan fingerprint density at radius 3 is 1.59 bits per heavy atom. The van der Waals surface area contributed by atoms with Gasteiger partial charge in [-0.05, 0) is 103 Å². The topological polar surface area (TPSA) is 30.7 Å². The minimum atomic E-state index is 0.711. The molecule has 0 fully saturated rings. The number of nitrogens with zero attached hydrogens (tertiary/aromatic N) is 3. The van der Waals surface area contributed by atoms with Crippen LogP contribution < -0.4 is 0 Å². The second-order valence-corrected chi connectivity index (χ2v) is 15.7. The predicted molar refractivity (Wildman–Crippen MR) is 256 cm³/mol. The Hall–Kier alpha value is -8.14. The molecular formula is C58H37N3. The van der Waals surface area contributed by atoms with Gasteiger partial charge in [0, 0.05) is 33.2 Å². The molecule has 0 amide bonds. The molecule has 0 atom stereocenters. The van der Waals surface area contributed by atoms with E-state index < -0.39 is 0 Å². The van der Waals surface area contributed by atoms with Gasteiger partial charge in [0.1, 0.15) is 0 Å². The van der Waals surface area contributed by atoms with Crippen LogP contribution in [0.3, 0.4) is 0 Å². The lowest BCUT2D eigenvalue weighted by atomic mass is 9.88. The largest absolute Gasteiger partial charge is 0.309 e. The van der Waals surface area contributed by atoms with Gasteiger partial charge in [-0.1, -0.05) is 176 Å². The number of fused-ring (bicyclic) bond motifs is 9. The Kier molecular flexibility index (Phi) is 8.17. The third-order valence-electron chi connectivity index (χ3n) is 12.2. The van der Waals surface area contributed by atoms with Crippen LogP contribution in [0, 0.1) is 0 Å². The van der Waals surface area contributed by atoms with E-state index in [2.05, 4.69) is 205 Å². The second-order valence-electron chi connectivity index (χ2n) is 15.7. The molecule has 0 aliphatic heterocycles. The monoisotopic (exact) mass is 775 g/mol. The highest BCUT2D eigenvalue weighted by Gasteiger charge is 2.18.